The Morgan fingerprint density at radius 1 is 1.43 bits per heavy atom. The number of nitrogens with one attached hydrogen (secondary N) is 1. The minimum Gasteiger partial charge on any atom is -0.497 e. The second-order valence-electron chi connectivity index (χ2n) is 5.86. The van der Waals surface area contributed by atoms with Gasteiger partial charge in [0.05, 0.1) is 18.9 Å². The first kappa shape index (κ1) is 15.4. The minimum absolute atomic E-state index is 0.0596. The molecule has 1 N–H and O–H groups in total. The topological polar surface area (TPSA) is 59.4 Å². The molecule has 1 amide bonds. The highest BCUT2D eigenvalue weighted by molar-refractivity contribution is 5.93. The number of hydrogen-bond acceptors (Lipinski definition) is 4. The molecule has 3 rings (SSSR count). The summed E-state index contributed by atoms with van der Waals surface area (Å²) in [5.41, 5.74) is 1.73. The first-order valence-corrected chi connectivity index (χ1v) is 7.84. The Balaban J connectivity index is 1.64. The van der Waals surface area contributed by atoms with E-state index in [0.717, 1.165) is 37.4 Å². The van der Waals surface area contributed by atoms with Crippen molar-refractivity contribution in [2.75, 3.05) is 25.1 Å². The van der Waals surface area contributed by atoms with E-state index in [-0.39, 0.29) is 11.9 Å². The zero-order valence-electron chi connectivity index (χ0n) is 13.5. The predicted octanol–water partition coefficient (Wildman–Crippen LogP) is 1.83. The van der Waals surface area contributed by atoms with Gasteiger partial charge in [0.25, 0.3) is 5.91 Å². The number of benzene rings is 1. The standard InChI is InChI=1S/C17H22N4O2/c1-20-11-13(10-18-20)17(22)19-14-5-4-8-21(12-14)15-6-3-7-16(9-15)23-2/h3,6-7,9-11,14H,4-5,8,12H2,1-2H3,(H,19,22). The molecular formula is C17H22N4O2. The van der Waals surface area contributed by atoms with Gasteiger partial charge in [-0.05, 0) is 25.0 Å². The summed E-state index contributed by atoms with van der Waals surface area (Å²) in [6, 6.07) is 8.18. The van der Waals surface area contributed by atoms with Crippen molar-refractivity contribution in [3.8, 4) is 5.75 Å². The average molecular weight is 314 g/mol. The summed E-state index contributed by atoms with van der Waals surface area (Å²) in [5, 5.41) is 7.16. The van der Waals surface area contributed by atoms with Gasteiger partial charge in [-0.3, -0.25) is 9.48 Å². The van der Waals surface area contributed by atoms with Crippen LogP contribution >= 0.6 is 0 Å². The molecule has 122 valence electrons. The molecule has 0 spiro atoms. The lowest BCUT2D eigenvalue weighted by Crippen LogP contribution is -2.47. The number of aromatic nitrogens is 2. The number of carbonyl (C=O) groups is 1. The van der Waals surface area contributed by atoms with Crippen LogP contribution in [0.2, 0.25) is 0 Å². The Morgan fingerprint density at radius 3 is 3.04 bits per heavy atom. The van der Waals surface area contributed by atoms with E-state index in [4.69, 9.17) is 4.74 Å². The maximum absolute atomic E-state index is 12.3. The smallest absolute Gasteiger partial charge is 0.254 e. The van der Waals surface area contributed by atoms with Crippen LogP contribution in [-0.2, 0) is 7.05 Å². The van der Waals surface area contributed by atoms with Crippen molar-refractivity contribution in [3.63, 3.8) is 0 Å². The van der Waals surface area contributed by atoms with E-state index in [9.17, 15) is 4.79 Å². The summed E-state index contributed by atoms with van der Waals surface area (Å²) in [7, 11) is 3.48. The van der Waals surface area contributed by atoms with Crippen LogP contribution in [0.15, 0.2) is 36.7 Å². The number of ether oxygens (including phenoxy) is 1. The summed E-state index contributed by atoms with van der Waals surface area (Å²) in [6.45, 7) is 1.80. The monoisotopic (exact) mass is 314 g/mol. The Labute approximate surface area is 136 Å². The number of methoxy groups -OCH3 is 1. The van der Waals surface area contributed by atoms with Gasteiger partial charge in [-0.25, -0.2) is 0 Å². The molecule has 2 heterocycles. The van der Waals surface area contributed by atoms with Crippen molar-refractivity contribution in [2.45, 2.75) is 18.9 Å². The second kappa shape index (κ2) is 6.73. The average Bonchev–Trinajstić information content (AvgIpc) is 3.02. The molecule has 1 atom stereocenters. The predicted molar refractivity (Wildman–Crippen MR) is 88.9 cm³/mol. The molecule has 1 saturated heterocycles. The van der Waals surface area contributed by atoms with Crippen molar-refractivity contribution in [1.82, 2.24) is 15.1 Å². The Morgan fingerprint density at radius 2 is 2.30 bits per heavy atom. The third-order valence-corrected chi connectivity index (χ3v) is 4.14. The van der Waals surface area contributed by atoms with Crippen LogP contribution < -0.4 is 15.0 Å². The van der Waals surface area contributed by atoms with E-state index in [1.165, 1.54) is 0 Å². The lowest BCUT2D eigenvalue weighted by atomic mass is 10.0. The van der Waals surface area contributed by atoms with E-state index < -0.39 is 0 Å². The first-order valence-electron chi connectivity index (χ1n) is 7.84. The van der Waals surface area contributed by atoms with E-state index in [2.05, 4.69) is 21.4 Å². The largest absolute Gasteiger partial charge is 0.497 e. The number of carbonyl (C=O) groups excluding carboxylic acids is 1. The van der Waals surface area contributed by atoms with Crippen LogP contribution in [0.1, 0.15) is 23.2 Å². The Kier molecular flexibility index (Phi) is 4.50. The van der Waals surface area contributed by atoms with Gasteiger partial charge >= 0.3 is 0 Å². The van der Waals surface area contributed by atoms with Gasteiger partial charge in [0.15, 0.2) is 0 Å². The molecule has 1 aliphatic heterocycles. The first-order chi connectivity index (χ1) is 11.2. The molecule has 1 fully saturated rings. The third-order valence-electron chi connectivity index (χ3n) is 4.14. The van der Waals surface area contributed by atoms with Crippen LogP contribution in [0.4, 0.5) is 5.69 Å². The molecule has 23 heavy (non-hydrogen) atoms. The van der Waals surface area contributed by atoms with E-state index in [0.29, 0.717) is 5.56 Å². The Bertz CT molecular complexity index is 683. The van der Waals surface area contributed by atoms with Gasteiger partial charge in [-0.15, -0.1) is 0 Å². The highest BCUT2D eigenvalue weighted by Crippen LogP contribution is 2.24. The fraction of sp³-hybridized carbons (Fsp3) is 0.412. The maximum Gasteiger partial charge on any atom is 0.254 e. The molecule has 1 aromatic carbocycles. The van der Waals surface area contributed by atoms with Gasteiger partial charge in [0.1, 0.15) is 5.75 Å². The normalized spacial score (nSPS) is 17.8. The molecule has 1 aliphatic rings. The van der Waals surface area contributed by atoms with Crippen LogP contribution in [0, 0.1) is 0 Å². The zero-order valence-corrected chi connectivity index (χ0v) is 13.5. The molecule has 0 bridgehead atoms. The second-order valence-corrected chi connectivity index (χ2v) is 5.86. The van der Waals surface area contributed by atoms with Gasteiger partial charge in [0, 0.05) is 44.1 Å². The van der Waals surface area contributed by atoms with Gasteiger partial charge < -0.3 is 15.0 Å². The number of hydrogen-bond donors (Lipinski definition) is 1. The fourth-order valence-corrected chi connectivity index (χ4v) is 2.94. The lowest BCUT2D eigenvalue weighted by molar-refractivity contribution is 0.0933. The van der Waals surface area contributed by atoms with Gasteiger partial charge in [-0.1, -0.05) is 6.07 Å². The zero-order chi connectivity index (χ0) is 16.2. The summed E-state index contributed by atoms with van der Waals surface area (Å²) >= 11 is 0. The van der Waals surface area contributed by atoms with Crippen LogP contribution in [0.3, 0.4) is 0 Å². The number of piperidine rings is 1. The van der Waals surface area contributed by atoms with Crippen molar-refractivity contribution in [2.24, 2.45) is 7.05 Å². The van der Waals surface area contributed by atoms with Crippen LogP contribution in [-0.4, -0.2) is 41.9 Å². The molecule has 0 saturated carbocycles. The van der Waals surface area contributed by atoms with E-state index in [1.54, 1.807) is 24.2 Å². The SMILES string of the molecule is COc1cccc(N2CCCC(NC(=O)c3cnn(C)c3)C2)c1. The summed E-state index contributed by atoms with van der Waals surface area (Å²) in [4.78, 5) is 14.6. The van der Waals surface area contributed by atoms with Crippen LogP contribution in [0.25, 0.3) is 0 Å². The maximum atomic E-state index is 12.3. The molecule has 2 aromatic rings. The highest BCUT2D eigenvalue weighted by Gasteiger charge is 2.22. The van der Waals surface area contributed by atoms with Crippen molar-refractivity contribution >= 4 is 11.6 Å². The summed E-state index contributed by atoms with van der Waals surface area (Å²) < 4.78 is 6.93. The van der Waals surface area contributed by atoms with Crippen LogP contribution in [0.5, 0.6) is 5.75 Å². The number of anilines is 1. The molecule has 0 radical (unpaired) electrons. The van der Waals surface area contributed by atoms with Gasteiger partial charge in [0.2, 0.25) is 0 Å². The molecule has 6 nitrogen and oxygen atoms in total. The lowest BCUT2D eigenvalue weighted by Gasteiger charge is -2.34. The van der Waals surface area contributed by atoms with Crippen molar-refractivity contribution in [3.05, 3.63) is 42.2 Å². The summed E-state index contributed by atoms with van der Waals surface area (Å²) in [6.07, 6.45) is 5.37. The molecule has 6 heteroatoms. The van der Waals surface area contributed by atoms with E-state index in [1.807, 2.05) is 25.2 Å². The quantitative estimate of drug-likeness (QED) is 0.935. The van der Waals surface area contributed by atoms with Crippen molar-refractivity contribution < 1.29 is 9.53 Å². The van der Waals surface area contributed by atoms with E-state index >= 15 is 0 Å². The summed E-state index contributed by atoms with van der Waals surface area (Å²) in [5.74, 6) is 0.791. The molecule has 1 unspecified atom stereocenters. The number of aryl methyl sites for hydroxylation is 1. The molecule has 1 aromatic heterocycles. The van der Waals surface area contributed by atoms with Gasteiger partial charge in [-0.2, -0.15) is 5.10 Å². The highest BCUT2D eigenvalue weighted by atomic mass is 16.5. The number of amides is 1. The molecular weight excluding hydrogens is 292 g/mol. The minimum atomic E-state index is -0.0596. The molecule has 0 aliphatic carbocycles. The number of rotatable bonds is 4. The number of nitrogens with zero attached hydrogens (tertiary/aromatic N) is 3. The fourth-order valence-electron chi connectivity index (χ4n) is 2.94. The third kappa shape index (κ3) is 3.64. The Hall–Kier alpha value is -2.50. The van der Waals surface area contributed by atoms with Crippen molar-refractivity contribution in [1.29, 1.82) is 0 Å².